The highest BCUT2D eigenvalue weighted by molar-refractivity contribution is 5.39. The summed E-state index contributed by atoms with van der Waals surface area (Å²) < 4.78 is 30.0. The van der Waals surface area contributed by atoms with Gasteiger partial charge in [0, 0.05) is 11.6 Å². The third-order valence-corrected chi connectivity index (χ3v) is 2.27. The Morgan fingerprint density at radius 3 is 2.93 bits per heavy atom. The van der Waals surface area contributed by atoms with Crippen molar-refractivity contribution in [3.8, 4) is 5.75 Å². The van der Waals surface area contributed by atoms with E-state index in [-0.39, 0.29) is 11.6 Å². The largest absolute Gasteiger partial charge is 0.492 e. The Balaban J connectivity index is 2.33. The van der Waals surface area contributed by atoms with Crippen molar-refractivity contribution < 1.29 is 13.5 Å². The van der Waals surface area contributed by atoms with Crippen molar-refractivity contribution in [2.24, 2.45) is 5.73 Å². The molecule has 0 spiro atoms. The van der Waals surface area contributed by atoms with Crippen LogP contribution in [0.3, 0.4) is 0 Å². The van der Waals surface area contributed by atoms with E-state index in [4.69, 9.17) is 10.5 Å². The zero-order valence-electron chi connectivity index (χ0n) is 7.54. The van der Waals surface area contributed by atoms with E-state index in [2.05, 4.69) is 0 Å². The molecule has 1 aliphatic rings. The molecule has 0 amide bonds. The van der Waals surface area contributed by atoms with Crippen molar-refractivity contribution in [2.75, 3.05) is 6.61 Å². The maximum atomic E-state index is 12.4. The predicted octanol–water partition coefficient (Wildman–Crippen LogP) is 1.89. The van der Waals surface area contributed by atoms with Crippen LogP contribution in [-0.4, -0.2) is 12.6 Å². The molecule has 1 aromatic carbocycles. The maximum absolute atomic E-state index is 12.4. The topological polar surface area (TPSA) is 35.2 Å². The molecule has 0 radical (unpaired) electrons. The Labute approximate surface area is 80.7 Å². The van der Waals surface area contributed by atoms with Crippen LogP contribution in [-0.2, 0) is 6.42 Å². The summed E-state index contributed by atoms with van der Waals surface area (Å²) in [5, 5.41) is 0. The van der Waals surface area contributed by atoms with Crippen LogP contribution in [0.15, 0.2) is 18.2 Å². The standard InChI is InChI=1S/C10H11F2NO/c11-10(12)6-1-2-9-7(3-6)4-8(13)5-14-9/h1-3,8,10H,4-5,13H2. The molecular weight excluding hydrogens is 188 g/mol. The van der Waals surface area contributed by atoms with Crippen LogP contribution in [0.4, 0.5) is 8.78 Å². The summed E-state index contributed by atoms with van der Waals surface area (Å²) in [5.74, 6) is 0.677. The van der Waals surface area contributed by atoms with Crippen molar-refractivity contribution >= 4 is 0 Å². The minimum atomic E-state index is -2.43. The van der Waals surface area contributed by atoms with Gasteiger partial charge in [-0.15, -0.1) is 0 Å². The van der Waals surface area contributed by atoms with Gasteiger partial charge in [0.2, 0.25) is 0 Å². The van der Waals surface area contributed by atoms with E-state index in [1.54, 1.807) is 6.07 Å². The molecule has 4 heteroatoms. The highest BCUT2D eigenvalue weighted by Gasteiger charge is 2.18. The van der Waals surface area contributed by atoms with Gasteiger partial charge in [-0.25, -0.2) is 8.78 Å². The molecule has 0 saturated carbocycles. The first-order valence-electron chi connectivity index (χ1n) is 4.46. The second-order valence-electron chi connectivity index (χ2n) is 3.44. The van der Waals surface area contributed by atoms with Gasteiger partial charge in [0.1, 0.15) is 12.4 Å². The van der Waals surface area contributed by atoms with Gasteiger partial charge in [-0.05, 0) is 30.2 Å². The lowest BCUT2D eigenvalue weighted by molar-refractivity contribution is 0.151. The second-order valence-corrected chi connectivity index (χ2v) is 3.44. The van der Waals surface area contributed by atoms with Crippen LogP contribution in [0.2, 0.25) is 0 Å². The molecule has 0 fully saturated rings. The normalized spacial score (nSPS) is 20.4. The van der Waals surface area contributed by atoms with E-state index < -0.39 is 6.43 Å². The number of benzene rings is 1. The molecule has 2 rings (SSSR count). The molecule has 0 aromatic heterocycles. The van der Waals surface area contributed by atoms with E-state index in [9.17, 15) is 8.78 Å². The van der Waals surface area contributed by atoms with Gasteiger partial charge in [0.15, 0.2) is 0 Å². The van der Waals surface area contributed by atoms with E-state index in [0.29, 0.717) is 18.8 Å². The summed E-state index contributed by atoms with van der Waals surface area (Å²) in [5.41, 5.74) is 6.47. The smallest absolute Gasteiger partial charge is 0.263 e. The van der Waals surface area contributed by atoms with E-state index >= 15 is 0 Å². The van der Waals surface area contributed by atoms with Crippen LogP contribution >= 0.6 is 0 Å². The first-order chi connectivity index (χ1) is 6.66. The molecule has 1 heterocycles. The van der Waals surface area contributed by atoms with E-state index in [0.717, 1.165) is 5.56 Å². The van der Waals surface area contributed by atoms with E-state index in [1.165, 1.54) is 12.1 Å². The fraction of sp³-hybridized carbons (Fsp3) is 0.400. The van der Waals surface area contributed by atoms with Crippen LogP contribution in [0.25, 0.3) is 0 Å². The molecule has 0 saturated heterocycles. The summed E-state index contributed by atoms with van der Waals surface area (Å²) in [6.45, 7) is 0.459. The third-order valence-electron chi connectivity index (χ3n) is 2.27. The highest BCUT2D eigenvalue weighted by Crippen LogP contribution is 2.29. The van der Waals surface area contributed by atoms with Crippen LogP contribution in [0.5, 0.6) is 5.75 Å². The molecule has 1 atom stereocenters. The zero-order valence-corrected chi connectivity index (χ0v) is 7.54. The molecule has 2 N–H and O–H groups in total. The third kappa shape index (κ3) is 1.70. The van der Waals surface area contributed by atoms with Crippen LogP contribution in [0.1, 0.15) is 17.6 Å². The minimum absolute atomic E-state index is 0.0291. The summed E-state index contributed by atoms with van der Waals surface area (Å²) in [6, 6.07) is 4.36. The number of ether oxygens (including phenoxy) is 1. The van der Waals surface area contributed by atoms with Gasteiger partial charge < -0.3 is 10.5 Å². The lowest BCUT2D eigenvalue weighted by atomic mass is 10.0. The fourth-order valence-electron chi connectivity index (χ4n) is 1.57. The number of fused-ring (bicyclic) bond motifs is 1. The summed E-state index contributed by atoms with van der Waals surface area (Å²) >= 11 is 0. The number of nitrogens with two attached hydrogens (primary N) is 1. The number of hydrogen-bond donors (Lipinski definition) is 1. The molecule has 0 aliphatic carbocycles. The van der Waals surface area contributed by atoms with E-state index in [1.807, 2.05) is 0 Å². The molecular formula is C10H11F2NO. The van der Waals surface area contributed by atoms with Crippen LogP contribution in [0, 0.1) is 0 Å². The van der Waals surface area contributed by atoms with Crippen molar-refractivity contribution in [2.45, 2.75) is 18.9 Å². The number of hydrogen-bond acceptors (Lipinski definition) is 2. The van der Waals surface area contributed by atoms with Crippen LogP contribution < -0.4 is 10.5 Å². The Hall–Kier alpha value is -1.16. The van der Waals surface area contributed by atoms with Crippen molar-refractivity contribution in [3.05, 3.63) is 29.3 Å². The Morgan fingerprint density at radius 2 is 2.21 bits per heavy atom. The first kappa shape index (κ1) is 9.40. The lowest BCUT2D eigenvalue weighted by Gasteiger charge is -2.22. The van der Waals surface area contributed by atoms with Gasteiger partial charge in [0.25, 0.3) is 6.43 Å². The molecule has 2 nitrogen and oxygen atoms in total. The quantitative estimate of drug-likeness (QED) is 0.749. The van der Waals surface area contributed by atoms with Crippen molar-refractivity contribution in [1.82, 2.24) is 0 Å². The fourth-order valence-corrected chi connectivity index (χ4v) is 1.57. The second kappa shape index (κ2) is 3.53. The van der Waals surface area contributed by atoms with Gasteiger partial charge >= 0.3 is 0 Å². The lowest BCUT2D eigenvalue weighted by Crippen LogP contribution is -2.33. The van der Waals surface area contributed by atoms with Crippen molar-refractivity contribution in [1.29, 1.82) is 0 Å². The Morgan fingerprint density at radius 1 is 1.43 bits per heavy atom. The first-order valence-corrected chi connectivity index (χ1v) is 4.46. The van der Waals surface area contributed by atoms with Gasteiger partial charge in [0.05, 0.1) is 0 Å². The monoisotopic (exact) mass is 199 g/mol. The van der Waals surface area contributed by atoms with Crippen molar-refractivity contribution in [3.63, 3.8) is 0 Å². The maximum Gasteiger partial charge on any atom is 0.263 e. The summed E-state index contributed by atoms with van der Waals surface area (Å²) in [6.07, 6.45) is -1.82. The number of rotatable bonds is 1. The average Bonchev–Trinajstić information content (AvgIpc) is 2.16. The van der Waals surface area contributed by atoms with Gasteiger partial charge in [-0.3, -0.25) is 0 Å². The molecule has 1 unspecified atom stereocenters. The van der Waals surface area contributed by atoms with Gasteiger partial charge in [-0.1, -0.05) is 0 Å². The molecule has 14 heavy (non-hydrogen) atoms. The SMILES string of the molecule is NC1COc2ccc(C(F)F)cc2C1. The molecule has 1 aromatic rings. The molecule has 76 valence electrons. The predicted molar refractivity (Wildman–Crippen MR) is 48.6 cm³/mol. The minimum Gasteiger partial charge on any atom is -0.492 e. The average molecular weight is 199 g/mol. The number of halogens is 2. The zero-order chi connectivity index (χ0) is 10.1. The van der Waals surface area contributed by atoms with Gasteiger partial charge in [-0.2, -0.15) is 0 Å². The number of alkyl halides is 2. The Kier molecular flexibility index (Phi) is 2.37. The summed E-state index contributed by atoms with van der Waals surface area (Å²) in [7, 11) is 0. The summed E-state index contributed by atoms with van der Waals surface area (Å²) in [4.78, 5) is 0. The highest BCUT2D eigenvalue weighted by atomic mass is 19.3. The molecule has 0 bridgehead atoms. The Bertz CT molecular complexity index is 341. The molecule has 1 aliphatic heterocycles.